The molecule has 0 saturated carbocycles. The number of fused-ring (bicyclic) bond motifs is 2. The lowest BCUT2D eigenvalue weighted by molar-refractivity contribution is 0.0474. The summed E-state index contributed by atoms with van der Waals surface area (Å²) in [6.07, 6.45) is 3.33. The summed E-state index contributed by atoms with van der Waals surface area (Å²) in [5.74, 6) is -0.914. The summed E-state index contributed by atoms with van der Waals surface area (Å²) in [4.78, 5) is 46.1. The third-order valence-electron chi connectivity index (χ3n) is 6.78. The third kappa shape index (κ3) is 4.44. The van der Waals surface area contributed by atoms with Gasteiger partial charge in [0.05, 0.1) is 22.5 Å². The maximum Gasteiger partial charge on any atom is 0.339 e. The van der Waals surface area contributed by atoms with Crippen molar-refractivity contribution in [3.05, 3.63) is 93.4 Å². The number of benzene rings is 2. The minimum atomic E-state index is -0.582. The molecule has 4 aromatic rings. The van der Waals surface area contributed by atoms with E-state index in [1.807, 2.05) is 42.5 Å². The van der Waals surface area contributed by atoms with Gasteiger partial charge in [-0.15, -0.1) is 0 Å². The molecule has 0 unspecified atom stereocenters. The van der Waals surface area contributed by atoms with Crippen LogP contribution in [0, 0.1) is 13.8 Å². The van der Waals surface area contributed by atoms with Crippen molar-refractivity contribution < 1.29 is 24.2 Å². The van der Waals surface area contributed by atoms with Gasteiger partial charge in [0.25, 0.3) is 0 Å². The van der Waals surface area contributed by atoms with Gasteiger partial charge in [-0.25, -0.2) is 9.78 Å². The molecule has 37 heavy (non-hydrogen) atoms. The number of rotatable bonds is 6. The predicted molar refractivity (Wildman–Crippen MR) is 141 cm³/mol. The van der Waals surface area contributed by atoms with Gasteiger partial charge in [-0.05, 0) is 80.2 Å². The van der Waals surface area contributed by atoms with Crippen LogP contribution < -0.4 is 0 Å². The van der Waals surface area contributed by atoms with Crippen molar-refractivity contribution in [1.29, 1.82) is 0 Å². The Hall–Kier alpha value is -4.52. The molecule has 2 aromatic heterocycles. The number of Topliss-reactive ketones (excluding diaryl/α,β-unsaturated/α-hetero) is 2. The number of hydrogen-bond donors (Lipinski definition) is 2. The third-order valence-corrected chi connectivity index (χ3v) is 6.78. The van der Waals surface area contributed by atoms with Gasteiger partial charge in [0.1, 0.15) is 5.75 Å². The minimum Gasteiger partial charge on any atom is -0.508 e. The molecule has 1 aliphatic rings. The van der Waals surface area contributed by atoms with Crippen LogP contribution >= 0.6 is 0 Å². The van der Waals surface area contributed by atoms with Crippen LogP contribution in [0.2, 0.25) is 0 Å². The largest absolute Gasteiger partial charge is 0.508 e. The first-order valence-corrected chi connectivity index (χ1v) is 12.1. The van der Waals surface area contributed by atoms with Crippen molar-refractivity contribution in [2.24, 2.45) is 0 Å². The lowest BCUT2D eigenvalue weighted by atomic mass is 10.0. The van der Waals surface area contributed by atoms with Gasteiger partial charge in [0.15, 0.2) is 12.4 Å². The molecule has 5 rings (SSSR count). The Morgan fingerprint density at radius 1 is 1.03 bits per heavy atom. The SMILES string of the molecule is CC(=O)c1c(C)[nH]c(C(=O)COC(=O)c2c3c(nc4ccccc24)C(=Cc2ccc(O)cc2)CC3)c1C. The molecule has 186 valence electrons. The van der Waals surface area contributed by atoms with Gasteiger partial charge in [-0.1, -0.05) is 30.3 Å². The van der Waals surface area contributed by atoms with E-state index < -0.39 is 18.4 Å². The molecule has 0 spiro atoms. The highest BCUT2D eigenvalue weighted by molar-refractivity contribution is 6.09. The highest BCUT2D eigenvalue weighted by Gasteiger charge is 2.28. The van der Waals surface area contributed by atoms with E-state index in [1.54, 1.807) is 26.0 Å². The first-order valence-electron chi connectivity index (χ1n) is 12.1. The van der Waals surface area contributed by atoms with E-state index >= 15 is 0 Å². The quantitative estimate of drug-likeness (QED) is 0.266. The highest BCUT2D eigenvalue weighted by atomic mass is 16.5. The number of ketones is 2. The van der Waals surface area contributed by atoms with E-state index in [4.69, 9.17) is 9.72 Å². The topological polar surface area (TPSA) is 109 Å². The number of nitrogens with one attached hydrogen (secondary N) is 1. The summed E-state index contributed by atoms with van der Waals surface area (Å²) in [5.41, 5.74) is 6.48. The van der Waals surface area contributed by atoms with Gasteiger partial charge in [0.2, 0.25) is 5.78 Å². The van der Waals surface area contributed by atoms with Crippen LogP contribution in [0.5, 0.6) is 5.75 Å². The Morgan fingerprint density at radius 2 is 1.76 bits per heavy atom. The van der Waals surface area contributed by atoms with Gasteiger partial charge in [-0.3, -0.25) is 9.59 Å². The molecular weight excluding hydrogens is 468 g/mol. The summed E-state index contributed by atoms with van der Waals surface area (Å²) >= 11 is 0. The fourth-order valence-electron chi connectivity index (χ4n) is 5.12. The number of H-pyrrole nitrogens is 1. The van der Waals surface area contributed by atoms with Gasteiger partial charge in [0, 0.05) is 16.6 Å². The second-order valence-corrected chi connectivity index (χ2v) is 9.27. The first-order chi connectivity index (χ1) is 17.7. The number of aromatic nitrogens is 2. The summed E-state index contributed by atoms with van der Waals surface area (Å²) in [5, 5.41) is 10.3. The number of phenols is 1. The van der Waals surface area contributed by atoms with Gasteiger partial charge in [-0.2, -0.15) is 0 Å². The Balaban J connectivity index is 1.47. The van der Waals surface area contributed by atoms with E-state index in [0.717, 1.165) is 22.4 Å². The van der Waals surface area contributed by atoms with E-state index in [2.05, 4.69) is 4.98 Å². The number of phenolic OH excluding ortho intramolecular Hbond substituents is 1. The second-order valence-electron chi connectivity index (χ2n) is 9.27. The number of ether oxygens (including phenoxy) is 1. The molecule has 0 atom stereocenters. The molecule has 0 aliphatic heterocycles. The molecule has 0 fully saturated rings. The molecule has 7 heteroatoms. The number of carbonyl (C=O) groups excluding carboxylic acids is 3. The lowest BCUT2D eigenvalue weighted by Gasteiger charge is -2.12. The molecule has 2 heterocycles. The molecule has 2 aromatic carbocycles. The number of aromatic amines is 1. The van der Waals surface area contributed by atoms with Crippen LogP contribution in [0.1, 0.15) is 72.6 Å². The first kappa shape index (κ1) is 24.2. The number of aryl methyl sites for hydroxylation is 1. The molecule has 0 amide bonds. The van der Waals surface area contributed by atoms with Crippen LogP contribution in [0.3, 0.4) is 0 Å². The fourth-order valence-corrected chi connectivity index (χ4v) is 5.12. The molecule has 2 N–H and O–H groups in total. The molecule has 0 saturated heterocycles. The monoisotopic (exact) mass is 494 g/mol. The maximum absolute atomic E-state index is 13.4. The Kier molecular flexibility index (Phi) is 6.21. The Bertz CT molecular complexity index is 1610. The van der Waals surface area contributed by atoms with Crippen molar-refractivity contribution in [1.82, 2.24) is 9.97 Å². The normalized spacial score (nSPS) is 13.6. The van der Waals surface area contributed by atoms with E-state index in [1.165, 1.54) is 6.92 Å². The zero-order chi connectivity index (χ0) is 26.3. The number of para-hydroxylation sites is 1. The summed E-state index contributed by atoms with van der Waals surface area (Å²) in [6.45, 7) is 4.46. The highest BCUT2D eigenvalue weighted by Crippen LogP contribution is 2.38. The maximum atomic E-state index is 13.4. The smallest absolute Gasteiger partial charge is 0.339 e. The van der Waals surface area contributed by atoms with Gasteiger partial charge >= 0.3 is 5.97 Å². The van der Waals surface area contributed by atoms with Crippen LogP contribution in [-0.2, 0) is 11.2 Å². The average Bonchev–Trinajstić information content (AvgIpc) is 3.41. The number of allylic oxidation sites excluding steroid dienone is 1. The molecule has 0 radical (unpaired) electrons. The van der Waals surface area contributed by atoms with Gasteiger partial charge < -0.3 is 14.8 Å². The number of pyridine rings is 1. The standard InChI is InChI=1S/C30H26N2O5/c1-16-26(18(3)33)17(2)31-28(16)25(35)15-37-30(36)27-22-6-4-5-7-24(22)32-29-20(10-13-23(27)29)14-19-8-11-21(34)12-9-19/h4-9,11-12,14,31,34H,10,13,15H2,1-3H3. The van der Waals surface area contributed by atoms with Crippen molar-refractivity contribution in [3.63, 3.8) is 0 Å². The van der Waals surface area contributed by atoms with Crippen LogP contribution in [-0.4, -0.2) is 39.2 Å². The van der Waals surface area contributed by atoms with Crippen molar-refractivity contribution in [2.45, 2.75) is 33.6 Å². The van der Waals surface area contributed by atoms with Crippen molar-refractivity contribution in [3.8, 4) is 5.75 Å². The van der Waals surface area contributed by atoms with E-state index in [9.17, 15) is 19.5 Å². The second kappa shape index (κ2) is 9.50. The summed E-state index contributed by atoms with van der Waals surface area (Å²) in [7, 11) is 0. The average molecular weight is 495 g/mol. The van der Waals surface area contributed by atoms with E-state index in [0.29, 0.717) is 46.1 Å². The zero-order valence-corrected chi connectivity index (χ0v) is 20.8. The lowest BCUT2D eigenvalue weighted by Crippen LogP contribution is -2.17. The van der Waals surface area contributed by atoms with Crippen molar-refractivity contribution in [2.75, 3.05) is 6.61 Å². The zero-order valence-electron chi connectivity index (χ0n) is 20.8. The number of hydrogen-bond acceptors (Lipinski definition) is 6. The molecule has 1 aliphatic carbocycles. The Morgan fingerprint density at radius 3 is 2.46 bits per heavy atom. The minimum absolute atomic E-state index is 0.128. The summed E-state index contributed by atoms with van der Waals surface area (Å²) < 4.78 is 5.54. The van der Waals surface area contributed by atoms with E-state index in [-0.39, 0.29) is 17.2 Å². The molecular formula is C30H26N2O5. The number of esters is 1. The Labute approximate surface area is 213 Å². The number of nitrogens with zero attached hydrogens (tertiary/aromatic N) is 1. The fraction of sp³-hybridized carbons (Fsp3) is 0.200. The molecule has 7 nitrogen and oxygen atoms in total. The van der Waals surface area contributed by atoms with Crippen LogP contribution in [0.25, 0.3) is 22.6 Å². The molecule has 0 bridgehead atoms. The number of carbonyl (C=O) groups is 3. The van der Waals surface area contributed by atoms with Crippen LogP contribution in [0.15, 0.2) is 48.5 Å². The van der Waals surface area contributed by atoms with Crippen LogP contribution in [0.4, 0.5) is 0 Å². The predicted octanol–water partition coefficient (Wildman–Crippen LogP) is 5.61. The van der Waals surface area contributed by atoms with Crippen molar-refractivity contribution >= 4 is 40.1 Å². The number of aromatic hydroxyl groups is 1. The summed E-state index contributed by atoms with van der Waals surface area (Å²) in [6, 6.07) is 14.3.